The van der Waals surface area contributed by atoms with Gasteiger partial charge in [-0.05, 0) is 31.2 Å². The van der Waals surface area contributed by atoms with Crippen molar-refractivity contribution >= 4 is 5.78 Å². The van der Waals surface area contributed by atoms with Gasteiger partial charge in [0.05, 0.1) is 17.7 Å². The third-order valence-electron chi connectivity index (χ3n) is 3.04. The summed E-state index contributed by atoms with van der Waals surface area (Å²) in [5.74, 6) is -0.484. The van der Waals surface area contributed by atoms with Crippen LogP contribution < -0.4 is 4.74 Å². The van der Waals surface area contributed by atoms with Crippen molar-refractivity contribution in [1.29, 1.82) is 0 Å². The number of rotatable bonds is 6. The molecule has 0 spiro atoms. The minimum atomic E-state index is -0.530. The molecule has 0 amide bonds. The van der Waals surface area contributed by atoms with E-state index in [4.69, 9.17) is 9.47 Å². The maximum atomic E-state index is 13.9. The Labute approximate surface area is 123 Å². The molecule has 0 fully saturated rings. The molecule has 0 N–H and O–H groups in total. The summed E-state index contributed by atoms with van der Waals surface area (Å²) >= 11 is 0. The van der Waals surface area contributed by atoms with Crippen LogP contribution in [0.25, 0.3) is 0 Å². The summed E-state index contributed by atoms with van der Waals surface area (Å²) in [6, 6.07) is 11.3. The summed E-state index contributed by atoms with van der Waals surface area (Å²) in [5, 5.41) is 0. The molecule has 0 unspecified atom stereocenters. The highest BCUT2D eigenvalue weighted by Crippen LogP contribution is 2.23. The van der Waals surface area contributed by atoms with Gasteiger partial charge in [0, 0.05) is 7.11 Å². The van der Waals surface area contributed by atoms with Crippen molar-refractivity contribution in [1.82, 2.24) is 0 Å². The van der Waals surface area contributed by atoms with Gasteiger partial charge >= 0.3 is 0 Å². The molecule has 0 bridgehead atoms. The lowest BCUT2D eigenvalue weighted by atomic mass is 10.0. The lowest BCUT2D eigenvalue weighted by Crippen LogP contribution is -2.10. The van der Waals surface area contributed by atoms with Crippen molar-refractivity contribution in [3.63, 3.8) is 0 Å². The van der Waals surface area contributed by atoms with Gasteiger partial charge < -0.3 is 9.47 Å². The Morgan fingerprint density at radius 1 is 1.10 bits per heavy atom. The molecular weight excluding hydrogens is 271 g/mol. The van der Waals surface area contributed by atoms with E-state index < -0.39 is 5.82 Å². The maximum Gasteiger partial charge on any atom is 0.199 e. The first-order valence-corrected chi connectivity index (χ1v) is 6.65. The van der Waals surface area contributed by atoms with Crippen LogP contribution in [0.15, 0.2) is 42.5 Å². The fourth-order valence-corrected chi connectivity index (χ4v) is 1.97. The molecule has 2 rings (SSSR count). The van der Waals surface area contributed by atoms with E-state index >= 15 is 0 Å². The average molecular weight is 288 g/mol. The number of carbonyl (C=O) groups excluding carboxylic acids is 1. The van der Waals surface area contributed by atoms with Crippen molar-refractivity contribution in [3.8, 4) is 5.75 Å². The van der Waals surface area contributed by atoms with E-state index in [2.05, 4.69) is 0 Å². The first-order chi connectivity index (χ1) is 10.1. The standard InChI is InChI=1S/C17H17FO3/c1-12-7-8-15(18)14(11-12)17(19)13-5-3-4-6-16(13)21-10-9-20-2/h3-8,11H,9-10H2,1-2H3. The van der Waals surface area contributed by atoms with Crippen LogP contribution in [0, 0.1) is 12.7 Å². The molecule has 3 nitrogen and oxygen atoms in total. The van der Waals surface area contributed by atoms with E-state index in [0.29, 0.717) is 24.5 Å². The molecule has 0 radical (unpaired) electrons. The zero-order valence-corrected chi connectivity index (χ0v) is 12.1. The second-order valence-electron chi connectivity index (χ2n) is 4.65. The second kappa shape index (κ2) is 6.99. The Balaban J connectivity index is 2.32. The van der Waals surface area contributed by atoms with Crippen LogP contribution in [-0.2, 0) is 4.74 Å². The van der Waals surface area contributed by atoms with E-state index in [-0.39, 0.29) is 11.3 Å². The first kappa shape index (κ1) is 15.2. The minimum absolute atomic E-state index is 0.0535. The molecule has 110 valence electrons. The van der Waals surface area contributed by atoms with Crippen LogP contribution in [0.2, 0.25) is 0 Å². The first-order valence-electron chi connectivity index (χ1n) is 6.65. The number of benzene rings is 2. The smallest absolute Gasteiger partial charge is 0.199 e. The largest absolute Gasteiger partial charge is 0.490 e. The lowest BCUT2D eigenvalue weighted by molar-refractivity contribution is 0.102. The zero-order valence-electron chi connectivity index (χ0n) is 12.1. The predicted molar refractivity (Wildman–Crippen MR) is 78.4 cm³/mol. The van der Waals surface area contributed by atoms with Crippen LogP contribution in [0.4, 0.5) is 4.39 Å². The summed E-state index contributed by atoms with van der Waals surface area (Å²) in [6.07, 6.45) is 0. The fraction of sp³-hybridized carbons (Fsp3) is 0.235. The number of halogens is 1. The minimum Gasteiger partial charge on any atom is -0.490 e. The van der Waals surface area contributed by atoms with Crippen LogP contribution in [0.1, 0.15) is 21.5 Å². The number of hydrogen-bond donors (Lipinski definition) is 0. The van der Waals surface area contributed by atoms with Gasteiger partial charge in [-0.25, -0.2) is 4.39 Å². The Hall–Kier alpha value is -2.20. The molecule has 0 aromatic heterocycles. The van der Waals surface area contributed by atoms with Gasteiger partial charge in [-0.3, -0.25) is 4.79 Å². The summed E-state index contributed by atoms with van der Waals surface area (Å²) in [5.41, 5.74) is 1.23. The third kappa shape index (κ3) is 3.67. The molecule has 0 aliphatic rings. The number of para-hydroxylation sites is 1. The van der Waals surface area contributed by atoms with E-state index in [0.717, 1.165) is 5.56 Å². The van der Waals surface area contributed by atoms with E-state index in [1.54, 1.807) is 43.5 Å². The van der Waals surface area contributed by atoms with Gasteiger partial charge in [0.2, 0.25) is 0 Å². The molecule has 0 atom stereocenters. The topological polar surface area (TPSA) is 35.5 Å². The van der Waals surface area contributed by atoms with Crippen LogP contribution >= 0.6 is 0 Å². The quantitative estimate of drug-likeness (QED) is 0.604. The summed E-state index contributed by atoms with van der Waals surface area (Å²) in [6.45, 7) is 2.57. The summed E-state index contributed by atoms with van der Waals surface area (Å²) < 4.78 is 24.3. The van der Waals surface area contributed by atoms with E-state index in [9.17, 15) is 9.18 Å². The van der Waals surface area contributed by atoms with Crippen molar-refractivity contribution in [2.24, 2.45) is 0 Å². The van der Waals surface area contributed by atoms with Gasteiger partial charge in [0.1, 0.15) is 18.2 Å². The Bertz CT molecular complexity index is 638. The monoisotopic (exact) mass is 288 g/mol. The van der Waals surface area contributed by atoms with Crippen LogP contribution in [0.3, 0.4) is 0 Å². The zero-order chi connectivity index (χ0) is 15.2. The highest BCUT2D eigenvalue weighted by molar-refractivity contribution is 6.10. The molecular formula is C17H17FO3. The number of carbonyl (C=O) groups is 1. The van der Waals surface area contributed by atoms with Crippen molar-refractivity contribution in [2.75, 3.05) is 20.3 Å². The highest BCUT2D eigenvalue weighted by atomic mass is 19.1. The normalized spacial score (nSPS) is 10.4. The Kier molecular flexibility index (Phi) is 5.06. The van der Waals surface area contributed by atoms with Crippen molar-refractivity contribution in [3.05, 3.63) is 65.0 Å². The van der Waals surface area contributed by atoms with Crippen LogP contribution in [-0.4, -0.2) is 26.1 Å². The number of hydrogen-bond acceptors (Lipinski definition) is 3. The van der Waals surface area contributed by atoms with Gasteiger partial charge in [-0.2, -0.15) is 0 Å². The van der Waals surface area contributed by atoms with E-state index in [1.807, 2.05) is 6.92 Å². The molecule has 0 heterocycles. The molecule has 0 aliphatic heterocycles. The molecule has 0 aliphatic carbocycles. The van der Waals surface area contributed by atoms with Gasteiger partial charge in [0.15, 0.2) is 5.78 Å². The van der Waals surface area contributed by atoms with Crippen molar-refractivity contribution in [2.45, 2.75) is 6.92 Å². The molecule has 21 heavy (non-hydrogen) atoms. The summed E-state index contributed by atoms with van der Waals surface area (Å²) in [7, 11) is 1.57. The SMILES string of the molecule is COCCOc1ccccc1C(=O)c1cc(C)ccc1F. The predicted octanol–water partition coefficient (Wildman–Crippen LogP) is 3.39. The van der Waals surface area contributed by atoms with Crippen molar-refractivity contribution < 1.29 is 18.7 Å². The Morgan fingerprint density at radius 3 is 2.62 bits per heavy atom. The highest BCUT2D eigenvalue weighted by Gasteiger charge is 2.18. The molecule has 4 heteroatoms. The van der Waals surface area contributed by atoms with Gasteiger partial charge in [0.25, 0.3) is 0 Å². The molecule has 0 saturated carbocycles. The third-order valence-corrected chi connectivity index (χ3v) is 3.04. The maximum absolute atomic E-state index is 13.9. The Morgan fingerprint density at radius 2 is 1.86 bits per heavy atom. The second-order valence-corrected chi connectivity index (χ2v) is 4.65. The number of ketones is 1. The van der Waals surface area contributed by atoms with Crippen LogP contribution in [0.5, 0.6) is 5.75 Å². The van der Waals surface area contributed by atoms with Gasteiger partial charge in [-0.15, -0.1) is 0 Å². The molecule has 0 saturated heterocycles. The molecule has 2 aromatic carbocycles. The number of aryl methyl sites for hydroxylation is 1. The number of methoxy groups -OCH3 is 1. The summed E-state index contributed by atoms with van der Waals surface area (Å²) in [4.78, 5) is 12.5. The van der Waals surface area contributed by atoms with E-state index in [1.165, 1.54) is 6.07 Å². The average Bonchev–Trinajstić information content (AvgIpc) is 2.50. The van der Waals surface area contributed by atoms with Gasteiger partial charge in [-0.1, -0.05) is 23.8 Å². The molecule has 2 aromatic rings. The lowest BCUT2D eigenvalue weighted by Gasteiger charge is -2.11. The number of ether oxygens (including phenoxy) is 2. The fourth-order valence-electron chi connectivity index (χ4n) is 1.97.